The molecule has 2 N–H and O–H groups in total. The van der Waals surface area contributed by atoms with Gasteiger partial charge in [-0.05, 0) is 18.6 Å². The van der Waals surface area contributed by atoms with E-state index >= 15 is 0 Å². The Morgan fingerprint density at radius 3 is 2.87 bits per heavy atom. The lowest BCUT2D eigenvalue weighted by Gasteiger charge is -2.13. The van der Waals surface area contributed by atoms with Crippen molar-refractivity contribution >= 4 is 17.6 Å². The van der Waals surface area contributed by atoms with Crippen LogP contribution in [0.15, 0.2) is 18.2 Å². The van der Waals surface area contributed by atoms with Crippen molar-refractivity contribution in [2.45, 2.75) is 19.4 Å². The summed E-state index contributed by atoms with van der Waals surface area (Å²) in [7, 11) is 1.34. The minimum Gasteiger partial charge on any atom is -0.469 e. The molecule has 0 fully saturated rings. The predicted molar refractivity (Wildman–Crippen MR) is 59.8 cm³/mol. The van der Waals surface area contributed by atoms with Crippen LogP contribution >= 0.6 is 11.6 Å². The summed E-state index contributed by atoms with van der Waals surface area (Å²) in [6, 6.07) is 5.15. The Labute approximate surface area is 94.2 Å². The van der Waals surface area contributed by atoms with E-state index in [0.717, 1.165) is 11.1 Å². The number of carbonyl (C=O) groups is 1. The van der Waals surface area contributed by atoms with E-state index < -0.39 is 6.04 Å². The summed E-state index contributed by atoms with van der Waals surface area (Å²) < 4.78 is 4.55. The number of nitrogens with two attached hydrogens (primary N) is 1. The zero-order valence-corrected chi connectivity index (χ0v) is 9.54. The van der Waals surface area contributed by atoms with Crippen molar-refractivity contribution in [2.24, 2.45) is 5.73 Å². The number of halogens is 1. The molecule has 15 heavy (non-hydrogen) atoms. The van der Waals surface area contributed by atoms with Crippen molar-refractivity contribution in [3.8, 4) is 0 Å². The Hall–Kier alpha value is -1.06. The fourth-order valence-electron chi connectivity index (χ4n) is 1.32. The largest absolute Gasteiger partial charge is 0.469 e. The SMILES string of the molecule is COC(=O)C[C@H](N)c1cc(C)ccc1Cl. The van der Waals surface area contributed by atoms with Gasteiger partial charge in [-0.3, -0.25) is 4.79 Å². The highest BCUT2D eigenvalue weighted by molar-refractivity contribution is 6.31. The Balaban J connectivity index is 2.85. The zero-order valence-electron chi connectivity index (χ0n) is 8.79. The third kappa shape index (κ3) is 3.22. The Kier molecular flexibility index (Phi) is 4.12. The van der Waals surface area contributed by atoms with Gasteiger partial charge in [0.2, 0.25) is 0 Å². The lowest BCUT2D eigenvalue weighted by Crippen LogP contribution is -2.16. The van der Waals surface area contributed by atoms with E-state index in [4.69, 9.17) is 17.3 Å². The Bertz CT molecular complexity index is 366. The highest BCUT2D eigenvalue weighted by atomic mass is 35.5. The first-order valence-electron chi connectivity index (χ1n) is 4.63. The molecular weight excluding hydrogens is 214 g/mol. The van der Waals surface area contributed by atoms with Gasteiger partial charge in [0.15, 0.2) is 0 Å². The minimum absolute atomic E-state index is 0.139. The zero-order chi connectivity index (χ0) is 11.4. The first-order valence-corrected chi connectivity index (χ1v) is 5.01. The number of methoxy groups -OCH3 is 1. The maximum absolute atomic E-state index is 11.0. The van der Waals surface area contributed by atoms with Crippen LogP contribution in [0.5, 0.6) is 0 Å². The Morgan fingerprint density at radius 1 is 1.60 bits per heavy atom. The van der Waals surface area contributed by atoms with Gasteiger partial charge < -0.3 is 10.5 Å². The normalized spacial score (nSPS) is 12.3. The molecule has 0 amide bonds. The quantitative estimate of drug-likeness (QED) is 0.806. The number of carbonyl (C=O) groups excluding carboxylic acids is 1. The van der Waals surface area contributed by atoms with Crippen molar-refractivity contribution < 1.29 is 9.53 Å². The van der Waals surface area contributed by atoms with Crippen molar-refractivity contribution in [3.05, 3.63) is 34.3 Å². The highest BCUT2D eigenvalue weighted by Gasteiger charge is 2.14. The van der Waals surface area contributed by atoms with Gasteiger partial charge in [0.25, 0.3) is 0 Å². The molecule has 0 aliphatic heterocycles. The first kappa shape index (κ1) is 12.0. The third-order valence-electron chi connectivity index (χ3n) is 2.17. The van der Waals surface area contributed by atoms with Crippen LogP contribution in [0, 0.1) is 6.92 Å². The molecule has 1 atom stereocenters. The molecule has 1 aromatic carbocycles. The highest BCUT2D eigenvalue weighted by Crippen LogP contribution is 2.24. The molecule has 1 aromatic rings. The smallest absolute Gasteiger partial charge is 0.307 e. The summed E-state index contributed by atoms with van der Waals surface area (Å²) in [6.45, 7) is 1.95. The van der Waals surface area contributed by atoms with Crippen LogP contribution in [0.25, 0.3) is 0 Å². The number of ether oxygens (including phenoxy) is 1. The molecular formula is C11H14ClNO2. The number of hydrogen-bond donors (Lipinski definition) is 1. The van der Waals surface area contributed by atoms with Gasteiger partial charge in [0, 0.05) is 11.1 Å². The van der Waals surface area contributed by atoms with Crippen molar-refractivity contribution in [2.75, 3.05) is 7.11 Å². The molecule has 0 saturated heterocycles. The third-order valence-corrected chi connectivity index (χ3v) is 2.51. The standard InChI is InChI=1S/C11H14ClNO2/c1-7-3-4-9(12)8(5-7)10(13)6-11(14)15-2/h3-5,10H,6,13H2,1-2H3/t10-/m0/s1. The van der Waals surface area contributed by atoms with Gasteiger partial charge in [0.05, 0.1) is 13.5 Å². The fraction of sp³-hybridized carbons (Fsp3) is 0.364. The van der Waals surface area contributed by atoms with E-state index in [-0.39, 0.29) is 12.4 Å². The number of rotatable bonds is 3. The molecule has 3 nitrogen and oxygen atoms in total. The molecule has 0 spiro atoms. The molecule has 0 aliphatic carbocycles. The number of benzene rings is 1. The molecule has 0 radical (unpaired) electrons. The van der Waals surface area contributed by atoms with Gasteiger partial charge in [-0.1, -0.05) is 29.3 Å². The maximum atomic E-state index is 11.0. The number of aryl methyl sites for hydroxylation is 1. The lowest BCUT2D eigenvalue weighted by molar-refractivity contribution is -0.141. The summed E-state index contributed by atoms with van der Waals surface area (Å²) >= 11 is 5.99. The van der Waals surface area contributed by atoms with Crippen LogP contribution in [-0.2, 0) is 9.53 Å². The van der Waals surface area contributed by atoms with Gasteiger partial charge >= 0.3 is 5.97 Å². The van der Waals surface area contributed by atoms with E-state index in [1.165, 1.54) is 7.11 Å². The lowest BCUT2D eigenvalue weighted by atomic mass is 10.0. The molecule has 0 unspecified atom stereocenters. The second kappa shape index (κ2) is 5.14. The van der Waals surface area contributed by atoms with Gasteiger partial charge in [0.1, 0.15) is 0 Å². The van der Waals surface area contributed by atoms with Crippen molar-refractivity contribution in [1.29, 1.82) is 0 Å². The molecule has 0 saturated carbocycles. The average Bonchev–Trinajstić information content (AvgIpc) is 2.21. The molecule has 4 heteroatoms. The molecule has 0 bridgehead atoms. The second-order valence-electron chi connectivity index (χ2n) is 3.41. The van der Waals surface area contributed by atoms with Gasteiger partial charge in [-0.15, -0.1) is 0 Å². The number of hydrogen-bond acceptors (Lipinski definition) is 3. The number of esters is 1. The van der Waals surface area contributed by atoms with E-state index in [9.17, 15) is 4.79 Å². The monoisotopic (exact) mass is 227 g/mol. The molecule has 0 heterocycles. The summed E-state index contributed by atoms with van der Waals surface area (Å²) in [5.74, 6) is -0.333. The van der Waals surface area contributed by atoms with Crippen molar-refractivity contribution in [3.63, 3.8) is 0 Å². The van der Waals surface area contributed by atoms with Crippen LogP contribution < -0.4 is 5.73 Å². The maximum Gasteiger partial charge on any atom is 0.307 e. The van der Waals surface area contributed by atoms with E-state index in [2.05, 4.69) is 4.74 Å². The molecule has 0 aliphatic rings. The summed E-state index contributed by atoms with van der Waals surface area (Å²) in [6.07, 6.45) is 0.139. The van der Waals surface area contributed by atoms with Crippen LogP contribution in [0.3, 0.4) is 0 Å². The molecule has 0 aromatic heterocycles. The van der Waals surface area contributed by atoms with Crippen LogP contribution in [0.2, 0.25) is 5.02 Å². The summed E-state index contributed by atoms with van der Waals surface area (Å²) in [4.78, 5) is 11.0. The first-order chi connectivity index (χ1) is 7.04. The second-order valence-corrected chi connectivity index (χ2v) is 3.82. The summed E-state index contributed by atoms with van der Waals surface area (Å²) in [5.41, 5.74) is 7.70. The van der Waals surface area contributed by atoms with Crippen LogP contribution in [-0.4, -0.2) is 13.1 Å². The van der Waals surface area contributed by atoms with E-state index in [0.29, 0.717) is 5.02 Å². The fourth-order valence-corrected chi connectivity index (χ4v) is 1.58. The van der Waals surface area contributed by atoms with Crippen LogP contribution in [0.1, 0.15) is 23.6 Å². The van der Waals surface area contributed by atoms with Gasteiger partial charge in [-0.25, -0.2) is 0 Å². The molecule has 1 rings (SSSR count). The van der Waals surface area contributed by atoms with E-state index in [1.807, 2.05) is 19.1 Å². The van der Waals surface area contributed by atoms with Gasteiger partial charge in [-0.2, -0.15) is 0 Å². The topological polar surface area (TPSA) is 52.3 Å². The van der Waals surface area contributed by atoms with E-state index in [1.54, 1.807) is 6.07 Å². The van der Waals surface area contributed by atoms with Crippen LogP contribution in [0.4, 0.5) is 0 Å². The predicted octanol–water partition coefficient (Wildman–Crippen LogP) is 2.21. The summed E-state index contributed by atoms with van der Waals surface area (Å²) in [5, 5.41) is 0.581. The average molecular weight is 228 g/mol. The van der Waals surface area contributed by atoms with Crippen molar-refractivity contribution in [1.82, 2.24) is 0 Å². The Morgan fingerprint density at radius 2 is 2.27 bits per heavy atom. The minimum atomic E-state index is -0.412. The molecule has 82 valence electrons.